The minimum atomic E-state index is 0.442. The van der Waals surface area contributed by atoms with Gasteiger partial charge >= 0.3 is 0 Å². The summed E-state index contributed by atoms with van der Waals surface area (Å²) in [6, 6.07) is 0. The summed E-state index contributed by atoms with van der Waals surface area (Å²) in [5.41, 5.74) is 0. The van der Waals surface area contributed by atoms with Crippen molar-refractivity contribution in [2.75, 3.05) is 13.1 Å². The third-order valence-electron chi connectivity index (χ3n) is 1.98. The predicted molar refractivity (Wildman–Crippen MR) is 42.1 cm³/mol. The first-order valence-corrected chi connectivity index (χ1v) is 4.19. The second-order valence-electron chi connectivity index (χ2n) is 2.97. The Kier molecular flexibility index (Phi) is 3.16. The fourth-order valence-corrected chi connectivity index (χ4v) is 1.25. The Bertz CT molecular complexity index is 95.3. The maximum Gasteiger partial charge on any atom is 0.0700 e. The van der Waals surface area contributed by atoms with Gasteiger partial charge in [0.15, 0.2) is 0 Å². The van der Waals surface area contributed by atoms with Crippen LogP contribution in [-0.4, -0.2) is 25.3 Å². The Labute approximate surface area is 63.0 Å². The molecule has 2 nitrogen and oxygen atoms in total. The van der Waals surface area contributed by atoms with Gasteiger partial charge in [0.25, 0.3) is 0 Å². The van der Waals surface area contributed by atoms with Gasteiger partial charge < -0.3 is 10.1 Å². The van der Waals surface area contributed by atoms with Crippen LogP contribution in [0.25, 0.3) is 0 Å². The molecule has 60 valence electrons. The lowest BCUT2D eigenvalue weighted by Gasteiger charge is -2.15. The Balaban J connectivity index is 2.30. The van der Waals surface area contributed by atoms with Crippen molar-refractivity contribution in [1.82, 2.24) is 5.32 Å². The molecule has 0 bridgehead atoms. The highest BCUT2D eigenvalue weighted by atomic mass is 16.5. The van der Waals surface area contributed by atoms with Gasteiger partial charge in [0, 0.05) is 6.54 Å². The van der Waals surface area contributed by atoms with E-state index in [1.54, 1.807) is 0 Å². The summed E-state index contributed by atoms with van der Waals surface area (Å²) in [5.74, 6) is 0. The van der Waals surface area contributed by atoms with Crippen LogP contribution in [0.5, 0.6) is 0 Å². The lowest BCUT2D eigenvalue weighted by atomic mass is 10.3. The zero-order valence-electron chi connectivity index (χ0n) is 6.89. The van der Waals surface area contributed by atoms with E-state index in [0.29, 0.717) is 12.2 Å². The molecule has 0 unspecified atom stereocenters. The van der Waals surface area contributed by atoms with E-state index in [-0.39, 0.29) is 0 Å². The van der Waals surface area contributed by atoms with Gasteiger partial charge in [-0.3, -0.25) is 0 Å². The van der Waals surface area contributed by atoms with Crippen molar-refractivity contribution in [1.29, 1.82) is 0 Å². The molecule has 2 heteroatoms. The van der Waals surface area contributed by atoms with Crippen molar-refractivity contribution >= 4 is 0 Å². The molecular formula is C8H17NO. The van der Waals surface area contributed by atoms with Crippen molar-refractivity contribution in [3.05, 3.63) is 0 Å². The van der Waals surface area contributed by atoms with Gasteiger partial charge in [-0.1, -0.05) is 6.92 Å². The second-order valence-corrected chi connectivity index (χ2v) is 2.97. The second kappa shape index (κ2) is 3.94. The molecule has 0 aromatic carbocycles. The average Bonchev–Trinajstić information content (AvgIpc) is 2.13. The third kappa shape index (κ3) is 2.27. The predicted octanol–water partition coefficient (Wildman–Crippen LogP) is 1.16. The van der Waals surface area contributed by atoms with Crippen molar-refractivity contribution in [2.24, 2.45) is 0 Å². The van der Waals surface area contributed by atoms with E-state index in [9.17, 15) is 0 Å². The Hall–Kier alpha value is -0.0800. The van der Waals surface area contributed by atoms with E-state index in [0.717, 1.165) is 25.9 Å². The number of rotatable bonds is 1. The summed E-state index contributed by atoms with van der Waals surface area (Å²) in [4.78, 5) is 0. The quantitative estimate of drug-likeness (QED) is 0.595. The summed E-state index contributed by atoms with van der Waals surface area (Å²) in [6.45, 7) is 6.46. The maximum absolute atomic E-state index is 5.70. The topological polar surface area (TPSA) is 21.3 Å². The summed E-state index contributed by atoms with van der Waals surface area (Å²) >= 11 is 0. The normalized spacial score (nSPS) is 35.4. The van der Waals surface area contributed by atoms with Gasteiger partial charge in [-0.05, 0) is 26.3 Å². The molecular weight excluding hydrogens is 126 g/mol. The smallest absolute Gasteiger partial charge is 0.0700 e. The van der Waals surface area contributed by atoms with Crippen molar-refractivity contribution < 1.29 is 4.74 Å². The van der Waals surface area contributed by atoms with E-state index >= 15 is 0 Å². The molecule has 1 aliphatic heterocycles. The minimum absolute atomic E-state index is 0.442. The van der Waals surface area contributed by atoms with Crippen LogP contribution < -0.4 is 5.32 Å². The Morgan fingerprint density at radius 2 is 2.40 bits per heavy atom. The maximum atomic E-state index is 5.70. The molecule has 0 aromatic heterocycles. The molecule has 0 aromatic rings. The van der Waals surface area contributed by atoms with Crippen LogP contribution in [0.4, 0.5) is 0 Å². The molecule has 0 spiro atoms. The summed E-state index contributed by atoms with van der Waals surface area (Å²) in [6.07, 6.45) is 3.16. The number of hydrogen-bond donors (Lipinski definition) is 1. The van der Waals surface area contributed by atoms with Crippen LogP contribution in [0.15, 0.2) is 0 Å². The molecule has 0 amide bonds. The van der Waals surface area contributed by atoms with Crippen LogP contribution >= 0.6 is 0 Å². The third-order valence-corrected chi connectivity index (χ3v) is 1.98. The number of ether oxygens (including phenoxy) is 1. The molecule has 1 rings (SSSR count). The number of nitrogens with one attached hydrogen (secondary N) is 1. The van der Waals surface area contributed by atoms with Crippen LogP contribution in [-0.2, 0) is 4.74 Å². The highest BCUT2D eigenvalue weighted by Crippen LogP contribution is 2.07. The van der Waals surface area contributed by atoms with Crippen LogP contribution in [0, 0.1) is 0 Å². The fraction of sp³-hybridized carbons (Fsp3) is 1.00. The fourth-order valence-electron chi connectivity index (χ4n) is 1.25. The van der Waals surface area contributed by atoms with Gasteiger partial charge in [-0.25, -0.2) is 0 Å². The molecule has 2 atom stereocenters. The first-order chi connectivity index (χ1) is 4.83. The lowest BCUT2D eigenvalue weighted by molar-refractivity contribution is 0.00777. The molecule has 1 N–H and O–H groups in total. The largest absolute Gasteiger partial charge is 0.374 e. The summed E-state index contributed by atoms with van der Waals surface area (Å²) in [7, 11) is 0. The molecule has 1 fully saturated rings. The minimum Gasteiger partial charge on any atom is -0.374 e. The Morgan fingerprint density at radius 1 is 1.60 bits per heavy atom. The van der Waals surface area contributed by atoms with Crippen LogP contribution in [0.1, 0.15) is 26.7 Å². The molecule has 10 heavy (non-hydrogen) atoms. The molecule has 1 aliphatic rings. The van der Waals surface area contributed by atoms with Gasteiger partial charge in [0.05, 0.1) is 12.2 Å². The highest BCUT2D eigenvalue weighted by molar-refractivity contribution is 4.67. The van der Waals surface area contributed by atoms with Crippen molar-refractivity contribution in [3.63, 3.8) is 0 Å². The lowest BCUT2D eigenvalue weighted by Crippen LogP contribution is -2.25. The zero-order chi connectivity index (χ0) is 7.40. The molecule has 1 heterocycles. The van der Waals surface area contributed by atoms with Crippen LogP contribution in [0.3, 0.4) is 0 Å². The van der Waals surface area contributed by atoms with Crippen LogP contribution in [0.2, 0.25) is 0 Å². The number of hydrogen-bond acceptors (Lipinski definition) is 2. The van der Waals surface area contributed by atoms with E-state index in [1.165, 1.54) is 0 Å². The van der Waals surface area contributed by atoms with Gasteiger partial charge in [-0.15, -0.1) is 0 Å². The molecule has 0 aliphatic carbocycles. The van der Waals surface area contributed by atoms with Gasteiger partial charge in [0.1, 0.15) is 0 Å². The molecule has 0 radical (unpaired) electrons. The van der Waals surface area contributed by atoms with Crippen molar-refractivity contribution in [2.45, 2.75) is 38.9 Å². The average molecular weight is 143 g/mol. The zero-order valence-corrected chi connectivity index (χ0v) is 6.89. The molecule has 0 saturated carbocycles. The van der Waals surface area contributed by atoms with Crippen molar-refractivity contribution in [3.8, 4) is 0 Å². The SMILES string of the molecule is CC[C@@H]1CNCC[C@H](C)O1. The Morgan fingerprint density at radius 3 is 3.10 bits per heavy atom. The van der Waals surface area contributed by atoms with E-state index in [4.69, 9.17) is 4.74 Å². The summed E-state index contributed by atoms with van der Waals surface area (Å²) in [5, 5.41) is 3.35. The van der Waals surface area contributed by atoms with E-state index < -0.39 is 0 Å². The van der Waals surface area contributed by atoms with E-state index in [1.807, 2.05) is 0 Å². The van der Waals surface area contributed by atoms with Gasteiger partial charge in [-0.2, -0.15) is 0 Å². The highest BCUT2D eigenvalue weighted by Gasteiger charge is 2.14. The van der Waals surface area contributed by atoms with E-state index in [2.05, 4.69) is 19.2 Å². The first-order valence-electron chi connectivity index (χ1n) is 4.19. The first kappa shape index (κ1) is 8.02. The standard InChI is InChI=1S/C8H17NO/c1-3-8-6-9-5-4-7(2)10-8/h7-9H,3-6H2,1-2H3/t7-,8+/m0/s1. The van der Waals surface area contributed by atoms with Gasteiger partial charge in [0.2, 0.25) is 0 Å². The summed E-state index contributed by atoms with van der Waals surface area (Å²) < 4.78 is 5.70. The molecule has 1 saturated heterocycles. The monoisotopic (exact) mass is 143 g/mol.